The van der Waals surface area contributed by atoms with Crippen molar-refractivity contribution in [2.75, 3.05) is 0 Å². The first-order valence-corrected chi connectivity index (χ1v) is 5.82. The number of rotatable bonds is 2. The minimum atomic E-state index is -1.55. The van der Waals surface area contributed by atoms with Crippen LogP contribution in [0.4, 0.5) is 13.2 Å². The Bertz CT molecular complexity index is 851. The van der Waals surface area contributed by atoms with Crippen LogP contribution in [-0.4, -0.2) is 20.6 Å². The Balaban J connectivity index is 2.20. The number of imidazole rings is 1. The van der Waals surface area contributed by atoms with Crippen LogP contribution in [0, 0.1) is 17.5 Å². The minimum Gasteiger partial charge on any atom is -0.478 e. The molecule has 0 fully saturated rings. The van der Waals surface area contributed by atoms with Gasteiger partial charge in [0, 0.05) is 12.1 Å². The molecule has 3 aromatic rings. The van der Waals surface area contributed by atoms with E-state index in [0.717, 1.165) is 12.1 Å². The van der Waals surface area contributed by atoms with E-state index in [-0.39, 0.29) is 11.3 Å². The molecule has 2 aromatic carbocycles. The monoisotopic (exact) mass is 292 g/mol. The number of carboxylic acid groups (broad SMARTS) is 1. The van der Waals surface area contributed by atoms with Crippen molar-refractivity contribution in [3.63, 3.8) is 0 Å². The van der Waals surface area contributed by atoms with Crippen molar-refractivity contribution in [1.82, 2.24) is 9.55 Å². The van der Waals surface area contributed by atoms with Crippen molar-refractivity contribution in [2.45, 2.75) is 0 Å². The highest BCUT2D eigenvalue weighted by atomic mass is 19.2. The fraction of sp³-hybridized carbons (Fsp3) is 0. The van der Waals surface area contributed by atoms with Gasteiger partial charge in [-0.25, -0.2) is 22.9 Å². The lowest BCUT2D eigenvalue weighted by atomic mass is 10.2. The Morgan fingerprint density at radius 2 is 1.76 bits per heavy atom. The summed E-state index contributed by atoms with van der Waals surface area (Å²) in [4.78, 5) is 14.9. The third kappa shape index (κ3) is 2.12. The van der Waals surface area contributed by atoms with Gasteiger partial charge in [-0.1, -0.05) is 0 Å². The Labute approximate surface area is 116 Å². The van der Waals surface area contributed by atoms with Crippen LogP contribution < -0.4 is 0 Å². The molecule has 0 aliphatic rings. The highest BCUT2D eigenvalue weighted by Crippen LogP contribution is 2.22. The molecule has 3 rings (SSSR count). The number of carboxylic acids is 1. The van der Waals surface area contributed by atoms with Crippen LogP contribution in [0.2, 0.25) is 0 Å². The highest BCUT2D eigenvalue weighted by Gasteiger charge is 2.14. The van der Waals surface area contributed by atoms with Gasteiger partial charge < -0.3 is 5.11 Å². The van der Waals surface area contributed by atoms with Crippen LogP contribution in [0.25, 0.3) is 16.7 Å². The molecular formula is C14H7F3N2O2. The number of aromatic carboxylic acids is 1. The van der Waals surface area contributed by atoms with E-state index < -0.39 is 23.4 Å². The van der Waals surface area contributed by atoms with E-state index in [2.05, 4.69) is 4.98 Å². The average molecular weight is 292 g/mol. The maximum atomic E-state index is 13.3. The van der Waals surface area contributed by atoms with Crippen LogP contribution in [-0.2, 0) is 0 Å². The number of hydrogen-bond donors (Lipinski definition) is 1. The third-order valence-electron chi connectivity index (χ3n) is 3.04. The van der Waals surface area contributed by atoms with Gasteiger partial charge in [-0.15, -0.1) is 0 Å². The largest absolute Gasteiger partial charge is 0.478 e. The topological polar surface area (TPSA) is 55.1 Å². The normalized spacial score (nSPS) is 11.0. The fourth-order valence-corrected chi connectivity index (χ4v) is 2.03. The van der Waals surface area contributed by atoms with Gasteiger partial charge in [0.2, 0.25) is 0 Å². The maximum Gasteiger partial charge on any atom is 0.335 e. The fourth-order valence-electron chi connectivity index (χ4n) is 2.03. The van der Waals surface area contributed by atoms with Crippen molar-refractivity contribution in [3.8, 4) is 5.69 Å². The molecule has 0 radical (unpaired) electrons. The standard InChI is InChI=1S/C14H7F3N2O2/c15-9-4-8(5-10(16)13(9)17)19-6-18-11-3-7(14(20)21)1-2-12(11)19/h1-6H,(H,20,21). The van der Waals surface area contributed by atoms with Crippen LogP contribution in [0.15, 0.2) is 36.7 Å². The van der Waals surface area contributed by atoms with Gasteiger partial charge >= 0.3 is 5.97 Å². The van der Waals surface area contributed by atoms with Gasteiger partial charge in [0.25, 0.3) is 0 Å². The molecule has 0 spiro atoms. The third-order valence-corrected chi connectivity index (χ3v) is 3.04. The molecule has 1 N–H and O–H groups in total. The predicted molar refractivity (Wildman–Crippen MR) is 67.9 cm³/mol. The molecule has 4 nitrogen and oxygen atoms in total. The van der Waals surface area contributed by atoms with Gasteiger partial charge in [0.05, 0.1) is 22.3 Å². The number of aromatic nitrogens is 2. The van der Waals surface area contributed by atoms with Crippen LogP contribution in [0.5, 0.6) is 0 Å². The summed E-state index contributed by atoms with van der Waals surface area (Å²) in [6, 6.07) is 5.82. The van der Waals surface area contributed by atoms with Crippen molar-refractivity contribution >= 4 is 17.0 Å². The molecule has 0 aliphatic carbocycles. The number of halogens is 3. The summed E-state index contributed by atoms with van der Waals surface area (Å²) < 4.78 is 40.9. The number of benzene rings is 2. The number of fused-ring (bicyclic) bond motifs is 1. The Morgan fingerprint density at radius 1 is 1.10 bits per heavy atom. The van der Waals surface area contributed by atoms with Crippen molar-refractivity contribution in [3.05, 3.63) is 59.7 Å². The average Bonchev–Trinajstić information content (AvgIpc) is 2.87. The maximum absolute atomic E-state index is 13.3. The van der Waals surface area contributed by atoms with E-state index in [1.807, 2.05) is 0 Å². The zero-order valence-electron chi connectivity index (χ0n) is 10.3. The summed E-state index contributed by atoms with van der Waals surface area (Å²) in [5.41, 5.74) is 0.895. The summed E-state index contributed by atoms with van der Waals surface area (Å²) in [6.45, 7) is 0. The van der Waals surface area contributed by atoms with Crippen molar-refractivity contribution in [2.24, 2.45) is 0 Å². The highest BCUT2D eigenvalue weighted by molar-refractivity contribution is 5.92. The minimum absolute atomic E-state index is 0.0456. The molecule has 106 valence electrons. The summed E-state index contributed by atoms with van der Waals surface area (Å²) in [5.74, 6) is -5.27. The second-order valence-corrected chi connectivity index (χ2v) is 4.35. The first kappa shape index (κ1) is 13.2. The smallest absolute Gasteiger partial charge is 0.335 e. The number of nitrogens with zero attached hydrogens (tertiary/aromatic N) is 2. The van der Waals surface area contributed by atoms with Gasteiger partial charge in [0.1, 0.15) is 6.33 Å². The predicted octanol–water partition coefficient (Wildman–Crippen LogP) is 3.14. The molecule has 21 heavy (non-hydrogen) atoms. The van der Waals surface area contributed by atoms with E-state index in [1.54, 1.807) is 0 Å². The van der Waals surface area contributed by atoms with Gasteiger partial charge in [-0.3, -0.25) is 4.57 Å². The molecule has 1 heterocycles. The molecule has 7 heteroatoms. The van der Waals surface area contributed by atoms with E-state index in [1.165, 1.54) is 29.1 Å². The summed E-state index contributed by atoms with van der Waals surface area (Å²) in [7, 11) is 0. The van der Waals surface area contributed by atoms with E-state index in [9.17, 15) is 18.0 Å². The Hall–Kier alpha value is -2.83. The molecule has 0 bridgehead atoms. The second-order valence-electron chi connectivity index (χ2n) is 4.35. The molecule has 0 atom stereocenters. The summed E-state index contributed by atoms with van der Waals surface area (Å²) in [5, 5.41) is 8.90. The SMILES string of the molecule is O=C(O)c1ccc2c(c1)ncn2-c1cc(F)c(F)c(F)c1. The summed E-state index contributed by atoms with van der Waals surface area (Å²) >= 11 is 0. The first-order valence-electron chi connectivity index (χ1n) is 5.82. The van der Waals surface area contributed by atoms with Crippen LogP contribution in [0.1, 0.15) is 10.4 Å². The molecule has 0 saturated heterocycles. The Kier molecular flexibility index (Phi) is 2.90. The van der Waals surface area contributed by atoms with Gasteiger partial charge in [-0.2, -0.15) is 0 Å². The molecule has 1 aromatic heterocycles. The van der Waals surface area contributed by atoms with E-state index in [0.29, 0.717) is 11.0 Å². The van der Waals surface area contributed by atoms with Gasteiger partial charge in [0.15, 0.2) is 17.5 Å². The molecular weight excluding hydrogens is 285 g/mol. The number of hydrogen-bond acceptors (Lipinski definition) is 2. The van der Waals surface area contributed by atoms with E-state index in [4.69, 9.17) is 5.11 Å². The lowest BCUT2D eigenvalue weighted by Crippen LogP contribution is -1.99. The molecule has 0 unspecified atom stereocenters. The summed E-state index contributed by atoms with van der Waals surface area (Å²) in [6.07, 6.45) is 1.28. The number of carbonyl (C=O) groups is 1. The Morgan fingerprint density at radius 3 is 2.38 bits per heavy atom. The molecule has 0 amide bonds. The zero-order chi connectivity index (χ0) is 15.1. The molecule has 0 aliphatic heterocycles. The van der Waals surface area contributed by atoms with Crippen molar-refractivity contribution in [1.29, 1.82) is 0 Å². The van der Waals surface area contributed by atoms with Crippen LogP contribution in [0.3, 0.4) is 0 Å². The molecule has 0 saturated carbocycles. The first-order chi connectivity index (χ1) is 9.97. The zero-order valence-corrected chi connectivity index (χ0v) is 10.3. The van der Waals surface area contributed by atoms with E-state index >= 15 is 0 Å². The van der Waals surface area contributed by atoms with Gasteiger partial charge in [-0.05, 0) is 18.2 Å². The second kappa shape index (κ2) is 4.62. The van der Waals surface area contributed by atoms with Crippen molar-refractivity contribution < 1.29 is 23.1 Å². The van der Waals surface area contributed by atoms with Crippen LogP contribution >= 0.6 is 0 Å². The quantitative estimate of drug-likeness (QED) is 0.738. The lowest BCUT2D eigenvalue weighted by Gasteiger charge is -2.06. The lowest BCUT2D eigenvalue weighted by molar-refractivity contribution is 0.0697.